The third-order valence-corrected chi connectivity index (χ3v) is 8.59. The minimum Gasteiger partial charge on any atom is -0.494 e. The highest BCUT2D eigenvalue weighted by Gasteiger charge is 2.54. The van der Waals surface area contributed by atoms with E-state index in [0.717, 1.165) is 15.6 Å². The Morgan fingerprint density at radius 2 is 1.76 bits per heavy atom. The number of azide groups is 1. The van der Waals surface area contributed by atoms with Gasteiger partial charge in [-0.15, -0.1) is 0 Å². The minimum absolute atomic E-state index is 0.0426. The second kappa shape index (κ2) is 15.8. The van der Waals surface area contributed by atoms with Gasteiger partial charge in [0.1, 0.15) is 5.75 Å². The highest BCUT2D eigenvalue weighted by Crippen LogP contribution is 2.45. The van der Waals surface area contributed by atoms with Crippen LogP contribution in [0.25, 0.3) is 10.4 Å². The third-order valence-electron chi connectivity index (χ3n) is 7.50. The lowest BCUT2D eigenvalue weighted by Gasteiger charge is -2.31. The SMILES string of the molecule is [N-]=[N+]=Nc1ccccc1C[C@]1(C(=O)NNCCc2ccccc2Cl)N=C(c2ccc(OCCCO)cc2)O[C@H]1c1ccccc1Br. The maximum atomic E-state index is 14.4. The van der Waals surface area contributed by atoms with Gasteiger partial charge >= 0.3 is 0 Å². The van der Waals surface area contributed by atoms with Crippen molar-refractivity contribution in [2.24, 2.45) is 10.1 Å². The summed E-state index contributed by atoms with van der Waals surface area (Å²) in [5.41, 5.74) is 17.0. The molecule has 0 saturated carbocycles. The third kappa shape index (κ3) is 7.70. The molecule has 236 valence electrons. The highest BCUT2D eigenvalue weighted by atomic mass is 79.9. The van der Waals surface area contributed by atoms with Gasteiger partial charge in [-0.1, -0.05) is 93.3 Å². The average Bonchev–Trinajstić information content (AvgIpc) is 3.45. The fourth-order valence-corrected chi connectivity index (χ4v) is 5.92. The normalized spacial score (nSPS) is 17.0. The zero-order valence-corrected chi connectivity index (χ0v) is 27.1. The number of rotatable bonds is 14. The molecule has 0 bridgehead atoms. The van der Waals surface area contributed by atoms with E-state index in [1.807, 2.05) is 72.8 Å². The van der Waals surface area contributed by atoms with Gasteiger partial charge in [0.15, 0.2) is 11.6 Å². The molecular weight excluding hydrogens is 672 g/mol. The first-order valence-electron chi connectivity index (χ1n) is 14.7. The maximum Gasteiger partial charge on any atom is 0.266 e. The first-order valence-corrected chi connectivity index (χ1v) is 15.9. The van der Waals surface area contributed by atoms with Crippen molar-refractivity contribution in [3.63, 3.8) is 0 Å². The van der Waals surface area contributed by atoms with Crippen molar-refractivity contribution in [3.8, 4) is 5.75 Å². The number of nitrogens with one attached hydrogen (secondary N) is 2. The number of ether oxygens (including phenoxy) is 2. The Labute approximate surface area is 280 Å². The van der Waals surface area contributed by atoms with Crippen molar-refractivity contribution >= 4 is 45.0 Å². The van der Waals surface area contributed by atoms with Crippen LogP contribution in [0.3, 0.4) is 0 Å². The molecule has 0 spiro atoms. The lowest BCUT2D eigenvalue weighted by Crippen LogP contribution is -2.54. The minimum atomic E-state index is -1.52. The fraction of sp³-hybridized carbons (Fsp3) is 0.235. The van der Waals surface area contributed by atoms with Crippen LogP contribution in [0, 0.1) is 0 Å². The lowest BCUT2D eigenvalue weighted by molar-refractivity contribution is -0.130. The Morgan fingerprint density at radius 3 is 2.50 bits per heavy atom. The summed E-state index contributed by atoms with van der Waals surface area (Å²) in [5, 5.41) is 13.6. The molecule has 2 atom stereocenters. The number of hydrazine groups is 1. The first-order chi connectivity index (χ1) is 22.4. The Kier molecular flexibility index (Phi) is 11.3. The number of carbonyl (C=O) groups excluding carboxylic acids is 1. The predicted octanol–water partition coefficient (Wildman–Crippen LogP) is 7.17. The van der Waals surface area contributed by atoms with Crippen LogP contribution >= 0.6 is 27.5 Å². The molecule has 10 nitrogen and oxygen atoms in total. The van der Waals surface area contributed by atoms with Crippen LogP contribution < -0.4 is 15.6 Å². The molecule has 4 aromatic carbocycles. The molecule has 0 unspecified atom stereocenters. The zero-order chi connectivity index (χ0) is 32.4. The van der Waals surface area contributed by atoms with E-state index in [-0.39, 0.29) is 18.9 Å². The lowest BCUT2D eigenvalue weighted by atomic mass is 9.81. The number of aliphatic hydroxyl groups is 1. The quantitative estimate of drug-likeness (QED) is 0.0420. The van der Waals surface area contributed by atoms with Gasteiger partial charge in [-0.25, -0.2) is 10.4 Å². The Bertz CT molecular complexity index is 1750. The van der Waals surface area contributed by atoms with Crippen molar-refractivity contribution in [1.29, 1.82) is 0 Å². The van der Waals surface area contributed by atoms with E-state index >= 15 is 0 Å². The maximum absolute atomic E-state index is 14.4. The average molecular weight is 704 g/mol. The van der Waals surface area contributed by atoms with Crippen LogP contribution in [0.2, 0.25) is 5.02 Å². The van der Waals surface area contributed by atoms with Gasteiger partial charge in [-0.05, 0) is 59.5 Å². The van der Waals surface area contributed by atoms with E-state index in [4.69, 9.17) is 31.2 Å². The summed E-state index contributed by atoms with van der Waals surface area (Å²) in [7, 11) is 0. The summed E-state index contributed by atoms with van der Waals surface area (Å²) in [6, 6.07) is 29.4. The number of halogens is 2. The number of amides is 1. The van der Waals surface area contributed by atoms with Gasteiger partial charge in [0.05, 0.1) is 6.61 Å². The monoisotopic (exact) mass is 702 g/mol. The van der Waals surface area contributed by atoms with E-state index < -0.39 is 17.6 Å². The van der Waals surface area contributed by atoms with Crippen molar-refractivity contribution in [3.05, 3.63) is 139 Å². The van der Waals surface area contributed by atoms with Crippen molar-refractivity contribution < 1.29 is 19.4 Å². The van der Waals surface area contributed by atoms with Crippen molar-refractivity contribution in [2.45, 2.75) is 30.9 Å². The van der Waals surface area contributed by atoms with Crippen LogP contribution in [0.5, 0.6) is 5.75 Å². The molecule has 12 heteroatoms. The van der Waals surface area contributed by atoms with Gasteiger partial charge in [0.25, 0.3) is 5.91 Å². The molecule has 0 saturated heterocycles. The number of aliphatic hydroxyl groups excluding tert-OH is 1. The highest BCUT2D eigenvalue weighted by molar-refractivity contribution is 9.10. The zero-order valence-electron chi connectivity index (χ0n) is 24.8. The molecule has 1 amide bonds. The molecule has 0 aliphatic carbocycles. The van der Waals surface area contributed by atoms with Gasteiger partial charge in [-0.3, -0.25) is 10.2 Å². The van der Waals surface area contributed by atoms with Crippen molar-refractivity contribution in [1.82, 2.24) is 10.9 Å². The molecule has 1 aliphatic heterocycles. The molecule has 1 heterocycles. The summed E-state index contributed by atoms with van der Waals surface area (Å²) < 4.78 is 13.0. The number of hydrogen-bond donors (Lipinski definition) is 3. The van der Waals surface area contributed by atoms with E-state index in [1.54, 1.807) is 24.3 Å². The number of aliphatic imine (C=N–C) groups is 1. The predicted molar refractivity (Wildman–Crippen MR) is 181 cm³/mol. The molecule has 46 heavy (non-hydrogen) atoms. The number of benzene rings is 4. The van der Waals surface area contributed by atoms with Gasteiger partial charge in [-0.2, -0.15) is 0 Å². The second-order valence-corrected chi connectivity index (χ2v) is 11.8. The molecule has 0 aromatic heterocycles. The summed E-state index contributed by atoms with van der Waals surface area (Å²) >= 11 is 9.99. The molecule has 5 rings (SSSR count). The Morgan fingerprint density at radius 1 is 1.04 bits per heavy atom. The van der Waals surface area contributed by atoms with Crippen LogP contribution in [0.4, 0.5) is 5.69 Å². The van der Waals surface area contributed by atoms with E-state index in [0.29, 0.717) is 53.6 Å². The van der Waals surface area contributed by atoms with Gasteiger partial charge in [0, 0.05) is 57.2 Å². The largest absolute Gasteiger partial charge is 0.494 e. The van der Waals surface area contributed by atoms with E-state index in [9.17, 15) is 10.3 Å². The molecular formula is C34H32BrClN6O4. The Hall–Kier alpha value is -4.38. The number of hydrogen-bond acceptors (Lipinski definition) is 7. The van der Waals surface area contributed by atoms with Crippen LogP contribution in [0.1, 0.15) is 34.8 Å². The molecule has 0 radical (unpaired) electrons. The van der Waals surface area contributed by atoms with Crippen LogP contribution in [-0.4, -0.2) is 42.2 Å². The van der Waals surface area contributed by atoms with Gasteiger partial charge in [0.2, 0.25) is 5.90 Å². The number of nitrogens with zero attached hydrogens (tertiary/aromatic N) is 4. The topological polar surface area (TPSA) is 141 Å². The fourth-order valence-electron chi connectivity index (χ4n) is 5.19. The number of carbonyl (C=O) groups is 1. The first kappa shape index (κ1) is 33.0. The van der Waals surface area contributed by atoms with E-state index in [2.05, 4.69) is 36.8 Å². The standard InChI is InChI=1S/C34H32BrClN6O4/c35-28-11-4-3-10-27(28)31-34(22-25-9-2-6-13-30(25)40-42-37,33(44)41-38-19-18-23-8-1-5-12-29(23)36)39-32(46-31)24-14-16-26(17-15-24)45-21-7-20-43/h1-6,8-17,31,38,43H,7,18-22H2,(H,41,44)/t31-,34-/m0/s1. The summed E-state index contributed by atoms with van der Waals surface area (Å²) in [4.78, 5) is 22.5. The summed E-state index contributed by atoms with van der Waals surface area (Å²) in [6.07, 6.45) is 0.311. The summed E-state index contributed by atoms with van der Waals surface area (Å²) in [6.45, 7) is 0.839. The van der Waals surface area contributed by atoms with Gasteiger partial charge < -0.3 is 14.6 Å². The summed E-state index contributed by atoms with van der Waals surface area (Å²) in [5.74, 6) is 0.477. The van der Waals surface area contributed by atoms with E-state index in [1.165, 1.54) is 0 Å². The molecule has 4 aromatic rings. The molecule has 1 aliphatic rings. The molecule has 3 N–H and O–H groups in total. The van der Waals surface area contributed by atoms with Crippen LogP contribution in [-0.2, 0) is 22.4 Å². The molecule has 0 fully saturated rings. The smallest absolute Gasteiger partial charge is 0.266 e. The van der Waals surface area contributed by atoms with Crippen LogP contribution in [0.15, 0.2) is 112 Å². The van der Waals surface area contributed by atoms with Crippen molar-refractivity contribution in [2.75, 3.05) is 19.8 Å². The Balaban J connectivity index is 1.53. The second-order valence-electron chi connectivity index (χ2n) is 10.5.